The average molecular weight is 325 g/mol. The first-order chi connectivity index (χ1) is 10.5. The van der Waals surface area contributed by atoms with Crippen molar-refractivity contribution in [3.63, 3.8) is 0 Å². The Balaban J connectivity index is 1.99. The molecule has 1 atom stereocenters. The maximum absolute atomic E-state index is 13.4. The number of sulfonamides is 1. The minimum Gasteiger partial charge on any atom is -0.378 e. The zero-order valence-electron chi connectivity index (χ0n) is 12.0. The predicted octanol–water partition coefficient (Wildman–Crippen LogP) is 1.62. The highest BCUT2D eigenvalue weighted by Gasteiger charge is 2.36. The predicted molar refractivity (Wildman–Crippen MR) is 77.2 cm³/mol. The normalized spacial score (nSPS) is 20.2. The van der Waals surface area contributed by atoms with E-state index in [-0.39, 0.29) is 18.0 Å². The van der Waals surface area contributed by atoms with Gasteiger partial charge in [0.1, 0.15) is 17.7 Å². The molecule has 1 aliphatic rings. The highest BCUT2D eigenvalue weighted by atomic mass is 32.2. The van der Waals surface area contributed by atoms with Crippen LogP contribution in [0, 0.1) is 12.7 Å². The average Bonchev–Trinajstić information content (AvgIpc) is 2.94. The van der Waals surface area contributed by atoms with Gasteiger partial charge in [-0.25, -0.2) is 17.8 Å². The number of ether oxygens (including phenoxy) is 1. The molecule has 1 fully saturated rings. The van der Waals surface area contributed by atoms with Crippen molar-refractivity contribution in [2.24, 2.45) is 0 Å². The molecule has 1 N–H and O–H groups in total. The summed E-state index contributed by atoms with van der Waals surface area (Å²) in [4.78, 5) is 7.17. The van der Waals surface area contributed by atoms with Crippen LogP contribution in [0.25, 0.3) is 0 Å². The van der Waals surface area contributed by atoms with Gasteiger partial charge in [0.25, 0.3) is 0 Å². The number of morpholine rings is 1. The van der Waals surface area contributed by atoms with Crippen molar-refractivity contribution in [1.29, 1.82) is 0 Å². The molecule has 2 heterocycles. The lowest BCUT2D eigenvalue weighted by molar-refractivity contribution is 0.0292. The van der Waals surface area contributed by atoms with Crippen molar-refractivity contribution >= 4 is 10.0 Å². The molecular formula is C14H16FN3O3S. The van der Waals surface area contributed by atoms with Crippen LogP contribution in [0.4, 0.5) is 4.39 Å². The number of benzene rings is 1. The first-order valence-corrected chi connectivity index (χ1v) is 8.29. The third-order valence-electron chi connectivity index (χ3n) is 3.52. The van der Waals surface area contributed by atoms with Gasteiger partial charge < -0.3 is 9.72 Å². The lowest BCUT2D eigenvalue weighted by Crippen LogP contribution is -2.43. The van der Waals surface area contributed by atoms with E-state index in [9.17, 15) is 12.8 Å². The van der Waals surface area contributed by atoms with Crippen LogP contribution in [0.5, 0.6) is 0 Å². The molecule has 1 aromatic carbocycles. The third-order valence-corrected chi connectivity index (χ3v) is 5.42. The third kappa shape index (κ3) is 2.77. The Kier molecular flexibility index (Phi) is 3.98. The standard InChI is InChI=1S/C14H16FN3O3S/c1-10-8-16-14(17-10)13-9-21-6-5-18(13)22(19,20)12-4-2-3-11(15)7-12/h2-4,7-8,13H,5-6,9H2,1H3,(H,16,17). The SMILES string of the molecule is Cc1cnc(C2COCCN2S(=O)(=O)c2cccc(F)c2)[nH]1. The van der Waals surface area contributed by atoms with Crippen molar-refractivity contribution in [1.82, 2.24) is 14.3 Å². The molecule has 0 bridgehead atoms. The van der Waals surface area contributed by atoms with Crippen molar-refractivity contribution in [3.8, 4) is 0 Å². The number of rotatable bonds is 3. The minimum atomic E-state index is -3.82. The monoisotopic (exact) mass is 325 g/mol. The molecule has 1 aromatic heterocycles. The van der Waals surface area contributed by atoms with Gasteiger partial charge in [0.2, 0.25) is 10.0 Å². The van der Waals surface area contributed by atoms with E-state index in [0.717, 1.165) is 11.8 Å². The molecule has 0 aliphatic carbocycles. The number of aromatic nitrogens is 2. The minimum absolute atomic E-state index is 0.0670. The molecule has 3 rings (SSSR count). The van der Waals surface area contributed by atoms with Crippen LogP contribution in [-0.4, -0.2) is 42.4 Å². The molecule has 1 saturated heterocycles. The van der Waals surface area contributed by atoms with Gasteiger partial charge in [-0.05, 0) is 25.1 Å². The number of hydrogen-bond donors (Lipinski definition) is 1. The Morgan fingerprint density at radius 1 is 1.45 bits per heavy atom. The number of aryl methyl sites for hydroxylation is 1. The maximum atomic E-state index is 13.4. The van der Waals surface area contributed by atoms with E-state index in [1.54, 1.807) is 6.20 Å². The fourth-order valence-corrected chi connectivity index (χ4v) is 4.05. The van der Waals surface area contributed by atoms with Crippen LogP contribution >= 0.6 is 0 Å². The van der Waals surface area contributed by atoms with Gasteiger partial charge in [0, 0.05) is 18.4 Å². The number of H-pyrrole nitrogens is 1. The number of aromatic amines is 1. The topological polar surface area (TPSA) is 75.3 Å². The summed E-state index contributed by atoms with van der Waals surface area (Å²) in [7, 11) is -3.82. The number of halogens is 1. The summed E-state index contributed by atoms with van der Waals surface area (Å²) in [6.45, 7) is 2.54. The Bertz CT molecular complexity index is 775. The molecular weight excluding hydrogens is 309 g/mol. The van der Waals surface area contributed by atoms with Crippen LogP contribution in [0.1, 0.15) is 17.6 Å². The molecule has 0 radical (unpaired) electrons. The second-order valence-electron chi connectivity index (χ2n) is 5.12. The smallest absolute Gasteiger partial charge is 0.244 e. The Labute approximate surface area is 128 Å². The van der Waals surface area contributed by atoms with Gasteiger partial charge in [-0.15, -0.1) is 0 Å². The van der Waals surface area contributed by atoms with E-state index < -0.39 is 21.9 Å². The molecule has 2 aromatic rings. The van der Waals surface area contributed by atoms with Crippen LogP contribution in [0.15, 0.2) is 35.4 Å². The quantitative estimate of drug-likeness (QED) is 0.930. The van der Waals surface area contributed by atoms with E-state index in [1.165, 1.54) is 22.5 Å². The molecule has 0 spiro atoms. The number of imidazole rings is 1. The largest absolute Gasteiger partial charge is 0.378 e. The van der Waals surface area contributed by atoms with Crippen LogP contribution in [0.3, 0.4) is 0 Å². The van der Waals surface area contributed by atoms with Crippen molar-refractivity contribution < 1.29 is 17.5 Å². The van der Waals surface area contributed by atoms with Gasteiger partial charge in [0.05, 0.1) is 18.1 Å². The van der Waals surface area contributed by atoms with Crippen LogP contribution < -0.4 is 0 Å². The summed E-state index contributed by atoms with van der Waals surface area (Å²) in [6.07, 6.45) is 1.64. The number of nitrogens with zero attached hydrogens (tertiary/aromatic N) is 2. The van der Waals surface area contributed by atoms with E-state index in [4.69, 9.17) is 4.74 Å². The highest BCUT2D eigenvalue weighted by Crippen LogP contribution is 2.29. The lowest BCUT2D eigenvalue weighted by atomic mass is 10.2. The summed E-state index contributed by atoms with van der Waals surface area (Å²) in [6, 6.07) is 4.46. The molecule has 8 heteroatoms. The molecule has 22 heavy (non-hydrogen) atoms. The second-order valence-corrected chi connectivity index (χ2v) is 7.01. The van der Waals surface area contributed by atoms with Gasteiger partial charge in [0.15, 0.2) is 0 Å². The Morgan fingerprint density at radius 3 is 2.95 bits per heavy atom. The van der Waals surface area contributed by atoms with Gasteiger partial charge in [-0.2, -0.15) is 4.31 Å². The molecule has 1 unspecified atom stereocenters. The Morgan fingerprint density at radius 2 is 2.27 bits per heavy atom. The van der Waals surface area contributed by atoms with E-state index in [1.807, 2.05) is 6.92 Å². The molecule has 1 aliphatic heterocycles. The van der Waals surface area contributed by atoms with Gasteiger partial charge >= 0.3 is 0 Å². The maximum Gasteiger partial charge on any atom is 0.244 e. The fourth-order valence-electron chi connectivity index (χ4n) is 2.46. The molecule has 118 valence electrons. The molecule has 0 saturated carbocycles. The zero-order valence-corrected chi connectivity index (χ0v) is 12.8. The number of nitrogens with one attached hydrogen (secondary N) is 1. The summed E-state index contributed by atoms with van der Waals surface area (Å²) >= 11 is 0. The van der Waals surface area contributed by atoms with Crippen molar-refractivity contribution in [3.05, 3.63) is 47.8 Å². The number of hydrogen-bond acceptors (Lipinski definition) is 4. The van der Waals surface area contributed by atoms with Gasteiger partial charge in [-0.3, -0.25) is 0 Å². The summed E-state index contributed by atoms with van der Waals surface area (Å²) in [5, 5.41) is 0. The zero-order chi connectivity index (χ0) is 15.7. The van der Waals surface area contributed by atoms with E-state index >= 15 is 0 Å². The first kappa shape index (κ1) is 15.1. The van der Waals surface area contributed by atoms with E-state index in [0.29, 0.717) is 12.4 Å². The lowest BCUT2D eigenvalue weighted by Gasteiger charge is -2.33. The van der Waals surface area contributed by atoms with Crippen LogP contribution in [0.2, 0.25) is 0 Å². The van der Waals surface area contributed by atoms with Crippen LogP contribution in [-0.2, 0) is 14.8 Å². The van der Waals surface area contributed by atoms with Gasteiger partial charge in [-0.1, -0.05) is 6.07 Å². The summed E-state index contributed by atoms with van der Waals surface area (Å²) in [5.74, 6) is -0.0584. The second kappa shape index (κ2) is 5.79. The van der Waals surface area contributed by atoms with Crippen molar-refractivity contribution in [2.75, 3.05) is 19.8 Å². The molecule has 6 nitrogen and oxygen atoms in total. The van der Waals surface area contributed by atoms with E-state index in [2.05, 4.69) is 9.97 Å². The highest BCUT2D eigenvalue weighted by molar-refractivity contribution is 7.89. The molecule has 0 amide bonds. The first-order valence-electron chi connectivity index (χ1n) is 6.85. The van der Waals surface area contributed by atoms with Crippen molar-refractivity contribution in [2.45, 2.75) is 17.9 Å². The fraction of sp³-hybridized carbons (Fsp3) is 0.357. The summed E-state index contributed by atoms with van der Waals surface area (Å²) in [5.41, 5.74) is 0.837. The Hall–Kier alpha value is -1.77. The summed E-state index contributed by atoms with van der Waals surface area (Å²) < 4.78 is 45.6.